The van der Waals surface area contributed by atoms with Gasteiger partial charge in [0.15, 0.2) is 5.58 Å². The maximum Gasteiger partial charge on any atom is 0.420 e. The molecule has 0 bridgehead atoms. The van der Waals surface area contributed by atoms with Crippen molar-refractivity contribution < 1.29 is 14.0 Å². The first-order valence-corrected chi connectivity index (χ1v) is 11.3. The second-order valence-corrected chi connectivity index (χ2v) is 9.09. The first kappa shape index (κ1) is 21.5. The van der Waals surface area contributed by atoms with Crippen molar-refractivity contribution in [2.75, 3.05) is 25.5 Å². The lowest BCUT2D eigenvalue weighted by Gasteiger charge is -2.37. The fourth-order valence-electron chi connectivity index (χ4n) is 4.89. The van der Waals surface area contributed by atoms with Gasteiger partial charge in [-0.05, 0) is 51.7 Å². The van der Waals surface area contributed by atoms with Crippen molar-refractivity contribution in [2.24, 2.45) is 5.92 Å². The maximum absolute atomic E-state index is 12.8. The van der Waals surface area contributed by atoms with E-state index in [-0.39, 0.29) is 24.0 Å². The molecular formula is C23H32N4O4. The second-order valence-electron chi connectivity index (χ2n) is 9.09. The Labute approximate surface area is 182 Å². The van der Waals surface area contributed by atoms with E-state index in [1.807, 2.05) is 18.7 Å². The summed E-state index contributed by atoms with van der Waals surface area (Å²) in [5, 5.41) is 2.90. The van der Waals surface area contributed by atoms with Crippen LogP contribution in [0.15, 0.2) is 27.4 Å². The van der Waals surface area contributed by atoms with E-state index in [2.05, 4.69) is 5.32 Å². The van der Waals surface area contributed by atoms with E-state index in [1.54, 1.807) is 34.7 Å². The van der Waals surface area contributed by atoms with E-state index >= 15 is 0 Å². The molecule has 1 aliphatic carbocycles. The Morgan fingerprint density at radius 3 is 2.45 bits per heavy atom. The predicted molar refractivity (Wildman–Crippen MR) is 119 cm³/mol. The highest BCUT2D eigenvalue weighted by Gasteiger charge is 2.32. The molecule has 1 saturated heterocycles. The lowest BCUT2D eigenvalue weighted by Crippen LogP contribution is -2.49. The summed E-state index contributed by atoms with van der Waals surface area (Å²) in [6.07, 6.45) is 5.93. The summed E-state index contributed by atoms with van der Waals surface area (Å²) in [5.41, 5.74) is 1.76. The SMILES string of the molecule is CC(C)n1c(=O)oc2cc(NC(=O)N(C)C3CCN(C(=O)C4CCCC4)CC3)ccc21. The molecule has 0 radical (unpaired) electrons. The second kappa shape index (κ2) is 8.77. The average molecular weight is 429 g/mol. The Morgan fingerprint density at radius 1 is 1.13 bits per heavy atom. The number of aromatic nitrogens is 1. The number of anilines is 1. The third kappa shape index (κ3) is 4.34. The van der Waals surface area contributed by atoms with Crippen molar-refractivity contribution >= 4 is 28.7 Å². The molecule has 2 aromatic rings. The molecule has 0 unspecified atom stereocenters. The number of hydrogen-bond acceptors (Lipinski definition) is 4. The molecule has 4 rings (SSSR count). The summed E-state index contributed by atoms with van der Waals surface area (Å²) in [5.74, 6) is 0.105. The largest absolute Gasteiger partial charge is 0.420 e. The van der Waals surface area contributed by atoms with Crippen LogP contribution in [0.3, 0.4) is 0 Å². The molecule has 1 aromatic heterocycles. The van der Waals surface area contributed by atoms with Crippen molar-refractivity contribution in [3.8, 4) is 0 Å². The maximum atomic E-state index is 12.8. The number of piperidine rings is 1. The number of rotatable bonds is 4. The molecule has 2 heterocycles. The van der Waals surface area contributed by atoms with Crippen LogP contribution in [0.1, 0.15) is 58.4 Å². The number of oxazole rings is 1. The van der Waals surface area contributed by atoms with Crippen molar-refractivity contribution in [1.29, 1.82) is 0 Å². The van der Waals surface area contributed by atoms with Crippen LogP contribution in [0.5, 0.6) is 0 Å². The molecular weight excluding hydrogens is 396 g/mol. The normalized spacial score (nSPS) is 18.1. The van der Waals surface area contributed by atoms with Gasteiger partial charge >= 0.3 is 11.8 Å². The van der Waals surface area contributed by atoms with Gasteiger partial charge in [-0.25, -0.2) is 9.59 Å². The molecule has 1 saturated carbocycles. The number of urea groups is 1. The molecule has 31 heavy (non-hydrogen) atoms. The summed E-state index contributed by atoms with van der Waals surface area (Å²) in [7, 11) is 1.79. The predicted octanol–water partition coefficient (Wildman–Crippen LogP) is 3.82. The zero-order valence-electron chi connectivity index (χ0n) is 18.6. The molecule has 1 N–H and O–H groups in total. The van der Waals surface area contributed by atoms with Gasteiger partial charge in [-0.1, -0.05) is 12.8 Å². The van der Waals surface area contributed by atoms with Gasteiger partial charge in [-0.3, -0.25) is 9.36 Å². The molecule has 2 aliphatic rings. The van der Waals surface area contributed by atoms with Crippen LogP contribution < -0.4 is 11.1 Å². The van der Waals surface area contributed by atoms with Gasteiger partial charge in [0.05, 0.1) is 5.52 Å². The van der Waals surface area contributed by atoms with Crippen molar-refractivity contribution in [3.63, 3.8) is 0 Å². The fourth-order valence-corrected chi connectivity index (χ4v) is 4.89. The Morgan fingerprint density at radius 2 is 1.81 bits per heavy atom. The summed E-state index contributed by atoms with van der Waals surface area (Å²) in [6.45, 7) is 5.26. The zero-order chi connectivity index (χ0) is 22.1. The molecule has 2 fully saturated rings. The van der Waals surface area contributed by atoms with Gasteiger partial charge in [0, 0.05) is 49.9 Å². The van der Waals surface area contributed by atoms with Gasteiger partial charge in [0.1, 0.15) is 0 Å². The minimum Gasteiger partial charge on any atom is -0.408 e. The van der Waals surface area contributed by atoms with E-state index in [4.69, 9.17) is 4.42 Å². The molecule has 168 valence electrons. The van der Waals surface area contributed by atoms with E-state index in [1.165, 1.54) is 0 Å². The zero-order valence-corrected chi connectivity index (χ0v) is 18.6. The fraction of sp³-hybridized carbons (Fsp3) is 0.609. The minimum absolute atomic E-state index is 0.00765. The quantitative estimate of drug-likeness (QED) is 0.802. The third-order valence-electron chi connectivity index (χ3n) is 6.73. The number of carbonyl (C=O) groups excluding carboxylic acids is 2. The highest BCUT2D eigenvalue weighted by atomic mass is 16.4. The summed E-state index contributed by atoms with van der Waals surface area (Å²) in [4.78, 5) is 41.2. The summed E-state index contributed by atoms with van der Waals surface area (Å²) < 4.78 is 6.93. The Balaban J connectivity index is 1.35. The lowest BCUT2D eigenvalue weighted by atomic mass is 10.0. The minimum atomic E-state index is -0.399. The van der Waals surface area contributed by atoms with Crippen LogP contribution in [-0.2, 0) is 4.79 Å². The average Bonchev–Trinajstić information content (AvgIpc) is 3.39. The number of nitrogens with one attached hydrogen (secondary N) is 1. The molecule has 0 spiro atoms. The van der Waals surface area contributed by atoms with E-state index in [0.29, 0.717) is 35.8 Å². The number of amides is 3. The van der Waals surface area contributed by atoms with Gasteiger partial charge < -0.3 is 19.5 Å². The first-order chi connectivity index (χ1) is 14.8. The van der Waals surface area contributed by atoms with Gasteiger partial charge in [0.25, 0.3) is 0 Å². The molecule has 1 aliphatic heterocycles. The van der Waals surface area contributed by atoms with Crippen LogP contribution in [0.2, 0.25) is 0 Å². The van der Waals surface area contributed by atoms with E-state index in [0.717, 1.165) is 38.5 Å². The van der Waals surface area contributed by atoms with Crippen molar-refractivity contribution in [3.05, 3.63) is 28.7 Å². The van der Waals surface area contributed by atoms with E-state index in [9.17, 15) is 14.4 Å². The van der Waals surface area contributed by atoms with Crippen LogP contribution in [0.4, 0.5) is 10.5 Å². The number of hydrogen-bond donors (Lipinski definition) is 1. The first-order valence-electron chi connectivity index (χ1n) is 11.3. The molecule has 8 nitrogen and oxygen atoms in total. The summed E-state index contributed by atoms with van der Waals surface area (Å²) in [6, 6.07) is 5.14. The standard InChI is InChI=1S/C23H32N4O4/c1-15(2)27-19-9-8-17(14-20(19)31-23(27)30)24-22(29)25(3)18-10-12-26(13-11-18)21(28)16-6-4-5-7-16/h8-9,14-16,18H,4-7,10-13H2,1-3H3,(H,24,29). The molecule has 8 heteroatoms. The summed E-state index contributed by atoms with van der Waals surface area (Å²) >= 11 is 0. The Hall–Kier alpha value is -2.77. The highest BCUT2D eigenvalue weighted by Crippen LogP contribution is 2.28. The number of nitrogens with zero attached hydrogens (tertiary/aromatic N) is 3. The number of carbonyl (C=O) groups is 2. The van der Waals surface area contributed by atoms with Crippen LogP contribution in [0.25, 0.3) is 11.1 Å². The number of fused-ring (bicyclic) bond motifs is 1. The number of benzene rings is 1. The molecule has 3 amide bonds. The van der Waals surface area contributed by atoms with Gasteiger partial charge in [-0.15, -0.1) is 0 Å². The Kier molecular flexibility index (Phi) is 6.07. The lowest BCUT2D eigenvalue weighted by molar-refractivity contribution is -0.136. The smallest absolute Gasteiger partial charge is 0.408 e. The van der Waals surface area contributed by atoms with Gasteiger partial charge in [0.2, 0.25) is 5.91 Å². The van der Waals surface area contributed by atoms with E-state index < -0.39 is 5.76 Å². The van der Waals surface area contributed by atoms with Crippen LogP contribution in [-0.4, -0.2) is 52.5 Å². The van der Waals surface area contributed by atoms with Gasteiger partial charge in [-0.2, -0.15) is 0 Å². The number of likely N-dealkylation sites (tertiary alicyclic amines) is 1. The highest BCUT2D eigenvalue weighted by molar-refractivity contribution is 5.91. The topological polar surface area (TPSA) is 87.8 Å². The molecule has 0 atom stereocenters. The Bertz CT molecular complexity index is 1010. The van der Waals surface area contributed by atoms with Crippen LogP contribution >= 0.6 is 0 Å². The third-order valence-corrected chi connectivity index (χ3v) is 6.73. The molecule has 1 aromatic carbocycles. The monoisotopic (exact) mass is 428 g/mol. The van der Waals surface area contributed by atoms with Crippen LogP contribution in [0, 0.1) is 5.92 Å². The van der Waals surface area contributed by atoms with Crippen molar-refractivity contribution in [1.82, 2.24) is 14.4 Å². The van der Waals surface area contributed by atoms with Crippen molar-refractivity contribution in [2.45, 2.75) is 64.5 Å².